The third-order valence-corrected chi connectivity index (χ3v) is 2.28. The first-order valence-electron chi connectivity index (χ1n) is 4.92. The Kier molecular flexibility index (Phi) is 4.62. The number of ether oxygens (including phenoxy) is 1. The second-order valence-electron chi connectivity index (χ2n) is 3.52. The molecule has 1 aromatic rings. The van der Waals surface area contributed by atoms with Crippen molar-refractivity contribution < 1.29 is 4.74 Å². The molecule has 0 aliphatic carbocycles. The number of nitrogens with zero attached hydrogens (tertiary/aromatic N) is 2. The molecule has 0 aromatic carbocycles. The van der Waals surface area contributed by atoms with Gasteiger partial charge < -0.3 is 14.6 Å². The molecule has 1 aromatic heterocycles. The maximum Gasteiger partial charge on any atom is 0.122 e. The van der Waals surface area contributed by atoms with Gasteiger partial charge in [0.15, 0.2) is 0 Å². The maximum atomic E-state index is 5.01. The van der Waals surface area contributed by atoms with E-state index in [-0.39, 0.29) is 0 Å². The number of hydrogen-bond acceptors (Lipinski definition) is 3. The third kappa shape index (κ3) is 3.47. The molecule has 4 nitrogen and oxygen atoms in total. The topological polar surface area (TPSA) is 39.1 Å². The zero-order valence-electron chi connectivity index (χ0n) is 9.16. The van der Waals surface area contributed by atoms with E-state index in [4.69, 9.17) is 4.74 Å². The summed E-state index contributed by atoms with van der Waals surface area (Å²) in [5, 5.41) is 3.40. The van der Waals surface area contributed by atoms with Crippen LogP contribution in [0.25, 0.3) is 0 Å². The van der Waals surface area contributed by atoms with Gasteiger partial charge in [-0.3, -0.25) is 0 Å². The smallest absolute Gasteiger partial charge is 0.122 e. The van der Waals surface area contributed by atoms with E-state index in [9.17, 15) is 0 Å². The Hall–Kier alpha value is -0.870. The van der Waals surface area contributed by atoms with Crippen LogP contribution in [0.5, 0.6) is 0 Å². The number of rotatable bonds is 6. The average Bonchev–Trinajstić information content (AvgIpc) is 2.58. The fourth-order valence-corrected chi connectivity index (χ4v) is 1.23. The summed E-state index contributed by atoms with van der Waals surface area (Å²) in [5.74, 6) is 1.06. The van der Waals surface area contributed by atoms with Crippen molar-refractivity contribution in [3.63, 3.8) is 0 Å². The lowest BCUT2D eigenvalue weighted by Crippen LogP contribution is -2.27. The van der Waals surface area contributed by atoms with E-state index in [2.05, 4.69) is 17.2 Å². The predicted molar refractivity (Wildman–Crippen MR) is 56.0 cm³/mol. The minimum Gasteiger partial charge on any atom is -0.385 e. The molecule has 0 amide bonds. The van der Waals surface area contributed by atoms with Gasteiger partial charge in [-0.2, -0.15) is 0 Å². The van der Waals surface area contributed by atoms with Gasteiger partial charge in [-0.1, -0.05) is 0 Å². The normalized spacial score (nSPS) is 13.1. The highest BCUT2D eigenvalue weighted by Crippen LogP contribution is 1.96. The lowest BCUT2D eigenvalue weighted by Gasteiger charge is -2.12. The molecule has 0 aliphatic rings. The van der Waals surface area contributed by atoms with E-state index >= 15 is 0 Å². The van der Waals surface area contributed by atoms with E-state index in [1.54, 1.807) is 7.11 Å². The molecule has 1 atom stereocenters. The van der Waals surface area contributed by atoms with Crippen molar-refractivity contribution in [3.05, 3.63) is 18.2 Å². The highest BCUT2D eigenvalue weighted by atomic mass is 16.5. The van der Waals surface area contributed by atoms with Gasteiger partial charge in [0.25, 0.3) is 0 Å². The molecule has 1 rings (SSSR count). The van der Waals surface area contributed by atoms with E-state index < -0.39 is 0 Å². The fraction of sp³-hybridized carbons (Fsp3) is 0.700. The van der Waals surface area contributed by atoms with Gasteiger partial charge in [0, 0.05) is 39.2 Å². The van der Waals surface area contributed by atoms with Crippen molar-refractivity contribution in [1.29, 1.82) is 0 Å². The number of nitrogens with one attached hydrogen (secondary N) is 1. The highest BCUT2D eigenvalue weighted by Gasteiger charge is 2.03. The molecule has 1 heterocycles. The van der Waals surface area contributed by atoms with Crippen molar-refractivity contribution >= 4 is 0 Å². The lowest BCUT2D eigenvalue weighted by atomic mass is 10.2. The van der Waals surface area contributed by atoms with Crippen molar-refractivity contribution in [2.75, 3.05) is 13.7 Å². The molecule has 4 heteroatoms. The van der Waals surface area contributed by atoms with Gasteiger partial charge in [-0.05, 0) is 13.3 Å². The number of hydrogen-bond donors (Lipinski definition) is 1. The molecule has 80 valence electrons. The summed E-state index contributed by atoms with van der Waals surface area (Å²) in [6, 6.07) is 0.464. The summed E-state index contributed by atoms with van der Waals surface area (Å²) in [7, 11) is 3.73. The summed E-state index contributed by atoms with van der Waals surface area (Å²) in [6.45, 7) is 3.77. The van der Waals surface area contributed by atoms with Crippen molar-refractivity contribution in [2.24, 2.45) is 7.05 Å². The molecule has 0 radical (unpaired) electrons. The zero-order chi connectivity index (χ0) is 10.4. The predicted octanol–water partition coefficient (Wildman–Crippen LogP) is 0.935. The molecule has 1 N–H and O–H groups in total. The van der Waals surface area contributed by atoms with Gasteiger partial charge in [-0.15, -0.1) is 0 Å². The minimum absolute atomic E-state index is 0.464. The van der Waals surface area contributed by atoms with Crippen LogP contribution in [0.15, 0.2) is 12.4 Å². The van der Waals surface area contributed by atoms with Crippen molar-refractivity contribution in [1.82, 2.24) is 14.9 Å². The van der Waals surface area contributed by atoms with Crippen molar-refractivity contribution in [2.45, 2.75) is 25.9 Å². The van der Waals surface area contributed by atoms with Crippen molar-refractivity contribution in [3.8, 4) is 0 Å². The second kappa shape index (κ2) is 5.78. The maximum absolute atomic E-state index is 5.01. The summed E-state index contributed by atoms with van der Waals surface area (Å²) in [4.78, 5) is 4.24. The highest BCUT2D eigenvalue weighted by molar-refractivity contribution is 4.90. The Labute approximate surface area is 85.3 Å². The van der Waals surface area contributed by atoms with Crippen LogP contribution >= 0.6 is 0 Å². The number of aromatic nitrogens is 2. The first kappa shape index (κ1) is 11.2. The number of aryl methyl sites for hydroxylation is 1. The molecular weight excluding hydrogens is 178 g/mol. The molecule has 0 bridgehead atoms. The summed E-state index contributed by atoms with van der Waals surface area (Å²) >= 11 is 0. The average molecular weight is 197 g/mol. The van der Waals surface area contributed by atoms with Crippen LogP contribution in [-0.4, -0.2) is 29.3 Å². The molecule has 0 aliphatic heterocycles. The van der Waals surface area contributed by atoms with Crippen LogP contribution in [0.4, 0.5) is 0 Å². The van der Waals surface area contributed by atoms with E-state index in [1.165, 1.54) is 0 Å². The minimum atomic E-state index is 0.464. The van der Waals surface area contributed by atoms with E-state index in [0.717, 1.165) is 25.4 Å². The Morgan fingerprint density at radius 1 is 1.64 bits per heavy atom. The lowest BCUT2D eigenvalue weighted by molar-refractivity contribution is 0.184. The monoisotopic (exact) mass is 197 g/mol. The van der Waals surface area contributed by atoms with Gasteiger partial charge >= 0.3 is 0 Å². The van der Waals surface area contributed by atoms with Crippen LogP contribution in [0.3, 0.4) is 0 Å². The SMILES string of the molecule is COCCC(C)NCc1nccn1C. The molecule has 0 fully saturated rings. The number of methoxy groups -OCH3 is 1. The Morgan fingerprint density at radius 2 is 2.43 bits per heavy atom. The molecule has 0 spiro atoms. The zero-order valence-corrected chi connectivity index (χ0v) is 9.16. The third-order valence-electron chi connectivity index (χ3n) is 2.28. The van der Waals surface area contributed by atoms with Gasteiger partial charge in [0.05, 0.1) is 6.54 Å². The molecule has 0 saturated heterocycles. The standard InChI is InChI=1S/C10H19N3O/c1-9(4-7-14-3)12-8-10-11-5-6-13(10)2/h5-6,9,12H,4,7-8H2,1-3H3. The molecular formula is C10H19N3O. The van der Waals surface area contributed by atoms with Gasteiger partial charge in [0.1, 0.15) is 5.82 Å². The summed E-state index contributed by atoms with van der Waals surface area (Å²) in [5.41, 5.74) is 0. The van der Waals surface area contributed by atoms with E-state index in [0.29, 0.717) is 6.04 Å². The first-order valence-corrected chi connectivity index (χ1v) is 4.92. The first-order chi connectivity index (χ1) is 6.74. The molecule has 14 heavy (non-hydrogen) atoms. The fourth-order valence-electron chi connectivity index (χ4n) is 1.23. The Morgan fingerprint density at radius 3 is 3.00 bits per heavy atom. The molecule has 0 saturated carbocycles. The van der Waals surface area contributed by atoms with Crippen LogP contribution in [0, 0.1) is 0 Å². The second-order valence-corrected chi connectivity index (χ2v) is 3.52. The Balaban J connectivity index is 2.23. The van der Waals surface area contributed by atoms with Crippen LogP contribution in [0.1, 0.15) is 19.2 Å². The van der Waals surface area contributed by atoms with Crippen LogP contribution in [-0.2, 0) is 18.3 Å². The largest absolute Gasteiger partial charge is 0.385 e. The van der Waals surface area contributed by atoms with Gasteiger partial charge in [0.2, 0.25) is 0 Å². The van der Waals surface area contributed by atoms with Crippen LogP contribution < -0.4 is 5.32 Å². The quantitative estimate of drug-likeness (QED) is 0.737. The van der Waals surface area contributed by atoms with E-state index in [1.807, 2.05) is 24.0 Å². The summed E-state index contributed by atoms with van der Waals surface area (Å²) in [6.07, 6.45) is 4.80. The van der Waals surface area contributed by atoms with Crippen LogP contribution in [0.2, 0.25) is 0 Å². The Bertz CT molecular complexity index is 260. The molecule has 1 unspecified atom stereocenters. The van der Waals surface area contributed by atoms with Gasteiger partial charge in [-0.25, -0.2) is 4.98 Å². The number of imidazole rings is 1. The summed E-state index contributed by atoms with van der Waals surface area (Å²) < 4.78 is 7.04.